The van der Waals surface area contributed by atoms with E-state index < -0.39 is 35.1 Å². The van der Waals surface area contributed by atoms with Gasteiger partial charge >= 0.3 is 6.18 Å². The molecule has 0 aliphatic carbocycles. The van der Waals surface area contributed by atoms with Crippen LogP contribution in [0.2, 0.25) is 0 Å². The van der Waals surface area contributed by atoms with Crippen LogP contribution >= 0.6 is 0 Å². The second-order valence-electron chi connectivity index (χ2n) is 5.91. The van der Waals surface area contributed by atoms with Gasteiger partial charge in [0.25, 0.3) is 5.91 Å². The molecule has 0 aliphatic heterocycles. The number of alkyl halides is 3. The van der Waals surface area contributed by atoms with E-state index in [-0.39, 0.29) is 0 Å². The molecule has 1 atom stereocenters. The van der Waals surface area contributed by atoms with E-state index in [1.807, 2.05) is 0 Å². The maximum Gasteiger partial charge on any atom is 0.417 e. The van der Waals surface area contributed by atoms with E-state index in [4.69, 9.17) is 0 Å². The minimum absolute atomic E-state index is 0.445. The fourth-order valence-corrected chi connectivity index (χ4v) is 2.80. The molecule has 0 aliphatic rings. The molecule has 3 aromatic rings. The number of carbonyl (C=O) groups excluding carboxylic acids is 1. The molecule has 6 heteroatoms. The molecular weight excluding hydrogens is 358 g/mol. The van der Waals surface area contributed by atoms with Crippen LogP contribution in [0, 0.1) is 5.82 Å². The van der Waals surface area contributed by atoms with E-state index >= 15 is 0 Å². The van der Waals surface area contributed by atoms with Crippen LogP contribution in [0.4, 0.5) is 17.6 Å². The van der Waals surface area contributed by atoms with Crippen LogP contribution in [-0.2, 0) is 6.18 Å². The summed E-state index contributed by atoms with van der Waals surface area (Å²) in [5, 5.41) is 2.64. The SMILES string of the molecule is O=C(NC(c1ccccc1)c1ccc(F)cc1)c1ccccc1C(F)(F)F. The van der Waals surface area contributed by atoms with Crippen LogP contribution < -0.4 is 5.32 Å². The molecule has 0 radical (unpaired) electrons. The van der Waals surface area contributed by atoms with Crippen molar-refractivity contribution in [3.63, 3.8) is 0 Å². The molecule has 0 bridgehead atoms. The lowest BCUT2D eigenvalue weighted by atomic mass is 9.97. The van der Waals surface area contributed by atoms with Gasteiger partial charge in [0, 0.05) is 0 Å². The first-order chi connectivity index (χ1) is 12.9. The third-order valence-electron chi connectivity index (χ3n) is 4.09. The van der Waals surface area contributed by atoms with Crippen LogP contribution in [0.25, 0.3) is 0 Å². The number of hydrogen-bond donors (Lipinski definition) is 1. The minimum Gasteiger partial charge on any atom is -0.341 e. The van der Waals surface area contributed by atoms with Crippen LogP contribution in [0.15, 0.2) is 78.9 Å². The second-order valence-corrected chi connectivity index (χ2v) is 5.91. The summed E-state index contributed by atoms with van der Waals surface area (Å²) in [7, 11) is 0. The Morgan fingerprint density at radius 1 is 0.778 bits per heavy atom. The van der Waals surface area contributed by atoms with Crippen molar-refractivity contribution >= 4 is 5.91 Å². The van der Waals surface area contributed by atoms with Gasteiger partial charge < -0.3 is 5.32 Å². The number of halogens is 4. The average Bonchev–Trinajstić information content (AvgIpc) is 2.67. The standard InChI is InChI=1S/C21H15F4NO/c22-16-12-10-15(11-13-16)19(14-6-2-1-3-7-14)26-20(27)17-8-4-5-9-18(17)21(23,24)25/h1-13,19H,(H,26,27). The molecule has 3 aromatic carbocycles. The molecule has 3 rings (SSSR count). The molecule has 0 saturated heterocycles. The molecular formula is C21H15F4NO. The van der Waals surface area contributed by atoms with Crippen LogP contribution in [0.5, 0.6) is 0 Å². The topological polar surface area (TPSA) is 29.1 Å². The number of nitrogens with one attached hydrogen (secondary N) is 1. The first-order valence-electron chi connectivity index (χ1n) is 8.14. The lowest BCUT2D eigenvalue weighted by Gasteiger charge is -2.21. The molecule has 0 saturated carbocycles. The summed E-state index contributed by atoms with van der Waals surface area (Å²) in [5.41, 5.74) is -0.246. The van der Waals surface area contributed by atoms with Gasteiger partial charge in [-0.15, -0.1) is 0 Å². The van der Waals surface area contributed by atoms with Gasteiger partial charge in [0.1, 0.15) is 5.82 Å². The third kappa shape index (κ3) is 4.34. The van der Waals surface area contributed by atoms with E-state index in [0.717, 1.165) is 12.1 Å². The number of benzene rings is 3. The summed E-state index contributed by atoms with van der Waals surface area (Å²) in [5.74, 6) is -1.31. The maximum atomic E-state index is 13.3. The number of carbonyl (C=O) groups is 1. The van der Waals surface area contributed by atoms with Crippen LogP contribution in [0.1, 0.15) is 33.1 Å². The summed E-state index contributed by atoms with van der Waals surface area (Å²) >= 11 is 0. The Labute approximate surface area is 153 Å². The lowest BCUT2D eigenvalue weighted by molar-refractivity contribution is -0.137. The van der Waals surface area contributed by atoms with Gasteiger partial charge in [-0.3, -0.25) is 4.79 Å². The van der Waals surface area contributed by atoms with Crippen LogP contribution in [-0.4, -0.2) is 5.91 Å². The van der Waals surface area contributed by atoms with Crippen molar-refractivity contribution in [1.29, 1.82) is 0 Å². The highest BCUT2D eigenvalue weighted by Gasteiger charge is 2.35. The second kappa shape index (κ2) is 7.61. The van der Waals surface area contributed by atoms with Gasteiger partial charge in [0.2, 0.25) is 0 Å². The molecule has 27 heavy (non-hydrogen) atoms. The maximum absolute atomic E-state index is 13.3. The van der Waals surface area contributed by atoms with Crippen molar-refractivity contribution in [1.82, 2.24) is 5.32 Å². The van der Waals surface area contributed by atoms with Crippen molar-refractivity contribution in [2.45, 2.75) is 12.2 Å². The van der Waals surface area contributed by atoms with E-state index in [1.165, 1.54) is 36.4 Å². The zero-order chi connectivity index (χ0) is 19.4. The van der Waals surface area contributed by atoms with Crippen molar-refractivity contribution in [2.24, 2.45) is 0 Å². The molecule has 0 aromatic heterocycles. The van der Waals surface area contributed by atoms with E-state index in [1.54, 1.807) is 30.3 Å². The fourth-order valence-electron chi connectivity index (χ4n) is 2.80. The molecule has 1 unspecified atom stereocenters. The fraction of sp³-hybridized carbons (Fsp3) is 0.0952. The minimum atomic E-state index is -4.65. The summed E-state index contributed by atoms with van der Waals surface area (Å²) < 4.78 is 52.9. The Morgan fingerprint density at radius 2 is 1.33 bits per heavy atom. The van der Waals surface area contributed by atoms with Gasteiger partial charge in [0.15, 0.2) is 0 Å². The molecule has 0 fully saturated rings. The van der Waals surface area contributed by atoms with Crippen molar-refractivity contribution in [2.75, 3.05) is 0 Å². The summed E-state index contributed by atoms with van der Waals surface area (Å²) in [6.07, 6.45) is -4.65. The first kappa shape index (κ1) is 18.6. The lowest BCUT2D eigenvalue weighted by Crippen LogP contribution is -2.31. The van der Waals surface area contributed by atoms with Crippen molar-refractivity contribution in [3.8, 4) is 0 Å². The predicted molar refractivity (Wildman–Crippen MR) is 93.6 cm³/mol. The van der Waals surface area contributed by atoms with Gasteiger partial charge in [-0.2, -0.15) is 13.2 Å². The highest BCUT2D eigenvalue weighted by molar-refractivity contribution is 5.96. The quantitative estimate of drug-likeness (QED) is 0.613. The Morgan fingerprint density at radius 3 is 1.96 bits per heavy atom. The number of hydrogen-bond acceptors (Lipinski definition) is 1. The molecule has 138 valence electrons. The Bertz CT molecular complexity index is 921. The molecule has 0 heterocycles. The predicted octanol–water partition coefficient (Wildman–Crippen LogP) is 5.36. The van der Waals surface area contributed by atoms with E-state index in [0.29, 0.717) is 11.1 Å². The Balaban J connectivity index is 1.98. The van der Waals surface area contributed by atoms with E-state index in [9.17, 15) is 22.4 Å². The smallest absolute Gasteiger partial charge is 0.341 e. The largest absolute Gasteiger partial charge is 0.417 e. The van der Waals surface area contributed by atoms with Crippen molar-refractivity contribution in [3.05, 3.63) is 107 Å². The van der Waals surface area contributed by atoms with Gasteiger partial charge in [-0.25, -0.2) is 4.39 Å². The van der Waals surface area contributed by atoms with E-state index in [2.05, 4.69) is 5.32 Å². The van der Waals surface area contributed by atoms with Crippen LogP contribution in [0.3, 0.4) is 0 Å². The summed E-state index contributed by atoms with van der Waals surface area (Å²) in [6.45, 7) is 0. The molecule has 2 nitrogen and oxygen atoms in total. The zero-order valence-electron chi connectivity index (χ0n) is 14.0. The highest BCUT2D eigenvalue weighted by atomic mass is 19.4. The molecule has 0 spiro atoms. The Hall–Kier alpha value is -3.15. The van der Waals surface area contributed by atoms with Gasteiger partial charge in [0.05, 0.1) is 17.2 Å². The first-order valence-corrected chi connectivity index (χ1v) is 8.14. The highest BCUT2D eigenvalue weighted by Crippen LogP contribution is 2.32. The molecule has 1 amide bonds. The monoisotopic (exact) mass is 373 g/mol. The van der Waals surface area contributed by atoms with Gasteiger partial charge in [-0.1, -0.05) is 54.6 Å². The summed E-state index contributed by atoms with van der Waals surface area (Å²) in [6, 6.07) is 18.1. The number of rotatable bonds is 4. The molecule has 1 N–H and O–H groups in total. The average molecular weight is 373 g/mol. The number of amides is 1. The van der Waals surface area contributed by atoms with Crippen molar-refractivity contribution < 1.29 is 22.4 Å². The third-order valence-corrected chi connectivity index (χ3v) is 4.09. The Kier molecular flexibility index (Phi) is 5.26. The zero-order valence-corrected chi connectivity index (χ0v) is 14.0. The van der Waals surface area contributed by atoms with Gasteiger partial charge in [-0.05, 0) is 35.4 Å². The summed E-state index contributed by atoms with van der Waals surface area (Å²) in [4.78, 5) is 12.7. The normalized spacial score (nSPS) is 12.4.